The summed E-state index contributed by atoms with van der Waals surface area (Å²) in [6.45, 7) is 3.03. The van der Waals surface area contributed by atoms with E-state index in [4.69, 9.17) is 5.73 Å². The number of anilines is 1. The van der Waals surface area contributed by atoms with Crippen molar-refractivity contribution in [3.8, 4) is 0 Å². The van der Waals surface area contributed by atoms with Gasteiger partial charge in [0.05, 0.1) is 12.1 Å². The maximum absolute atomic E-state index is 13.5. The third-order valence-corrected chi connectivity index (χ3v) is 4.51. The van der Waals surface area contributed by atoms with Crippen molar-refractivity contribution in [3.63, 3.8) is 0 Å². The third kappa shape index (κ3) is 2.09. The maximum Gasteiger partial charge on any atom is 0.196 e. The lowest BCUT2D eigenvalue weighted by Gasteiger charge is -2.43. The number of nitrogens with zero attached hydrogens (tertiary/aromatic N) is 2. The molecule has 3 nitrogen and oxygen atoms in total. The number of guanidine groups is 1. The molecule has 4 heteroatoms. The highest BCUT2D eigenvalue weighted by Gasteiger charge is 2.44. The molecule has 0 bridgehead atoms. The van der Waals surface area contributed by atoms with Gasteiger partial charge in [0.1, 0.15) is 5.82 Å². The van der Waals surface area contributed by atoms with Gasteiger partial charge in [-0.2, -0.15) is 0 Å². The Morgan fingerprint density at radius 2 is 2.11 bits per heavy atom. The lowest BCUT2D eigenvalue weighted by atomic mass is 9.76. The molecule has 1 spiro atoms. The molecule has 1 aromatic rings. The molecule has 0 unspecified atom stereocenters. The Morgan fingerprint density at radius 1 is 1.37 bits per heavy atom. The normalized spacial score (nSPS) is 30.7. The summed E-state index contributed by atoms with van der Waals surface area (Å²) >= 11 is 0. The number of hydrogen-bond acceptors (Lipinski definition) is 3. The van der Waals surface area contributed by atoms with Crippen molar-refractivity contribution in [3.05, 3.63) is 30.1 Å². The topological polar surface area (TPSA) is 41.6 Å². The van der Waals surface area contributed by atoms with Crippen LogP contribution in [0.4, 0.5) is 10.1 Å². The average Bonchev–Trinajstić information content (AvgIpc) is 2.71. The van der Waals surface area contributed by atoms with Crippen LogP contribution in [0.25, 0.3) is 0 Å². The van der Waals surface area contributed by atoms with Gasteiger partial charge in [0.2, 0.25) is 0 Å². The van der Waals surface area contributed by atoms with E-state index in [9.17, 15) is 4.39 Å². The Balaban J connectivity index is 1.94. The standard InChI is InChI=1S/C15H20FN3/c1-11-5-7-15(8-6-11)10-18-14(17)19(15)13-4-2-3-12(16)9-13/h2-4,9,11H,5-8,10H2,1H3,(H2,17,18). The van der Waals surface area contributed by atoms with Gasteiger partial charge < -0.3 is 10.6 Å². The Hall–Kier alpha value is -1.58. The molecule has 1 aromatic carbocycles. The van der Waals surface area contributed by atoms with Crippen molar-refractivity contribution < 1.29 is 4.39 Å². The predicted molar refractivity (Wildman–Crippen MR) is 75.7 cm³/mol. The van der Waals surface area contributed by atoms with Gasteiger partial charge in [0, 0.05) is 5.69 Å². The molecule has 1 fully saturated rings. The Bertz CT molecular complexity index is 504. The van der Waals surface area contributed by atoms with Gasteiger partial charge in [-0.15, -0.1) is 0 Å². The van der Waals surface area contributed by atoms with Crippen LogP contribution in [-0.2, 0) is 0 Å². The van der Waals surface area contributed by atoms with Crippen molar-refractivity contribution in [2.75, 3.05) is 11.4 Å². The van der Waals surface area contributed by atoms with Crippen molar-refractivity contribution >= 4 is 11.6 Å². The molecule has 0 saturated heterocycles. The summed E-state index contributed by atoms with van der Waals surface area (Å²) in [5, 5.41) is 0. The zero-order valence-electron chi connectivity index (χ0n) is 11.3. The first kappa shape index (κ1) is 12.5. The molecule has 1 heterocycles. The smallest absolute Gasteiger partial charge is 0.196 e. The molecule has 0 atom stereocenters. The number of aliphatic imine (C=N–C) groups is 1. The molecule has 1 aliphatic carbocycles. The van der Waals surface area contributed by atoms with Crippen LogP contribution in [0.3, 0.4) is 0 Å². The summed E-state index contributed by atoms with van der Waals surface area (Å²) in [4.78, 5) is 6.48. The quantitative estimate of drug-likeness (QED) is 0.844. The monoisotopic (exact) mass is 261 g/mol. The third-order valence-electron chi connectivity index (χ3n) is 4.51. The molecular formula is C15H20FN3. The molecule has 0 aromatic heterocycles. The van der Waals surface area contributed by atoms with E-state index in [0.29, 0.717) is 5.96 Å². The van der Waals surface area contributed by atoms with E-state index in [1.165, 1.54) is 18.9 Å². The SMILES string of the molecule is CC1CCC2(CC1)CN=C(N)N2c1cccc(F)c1. The highest BCUT2D eigenvalue weighted by atomic mass is 19.1. The van der Waals surface area contributed by atoms with E-state index in [2.05, 4.69) is 16.8 Å². The first-order chi connectivity index (χ1) is 9.11. The summed E-state index contributed by atoms with van der Waals surface area (Å²) in [7, 11) is 0. The van der Waals surface area contributed by atoms with E-state index in [1.54, 1.807) is 12.1 Å². The van der Waals surface area contributed by atoms with E-state index in [-0.39, 0.29) is 11.4 Å². The van der Waals surface area contributed by atoms with E-state index in [0.717, 1.165) is 31.0 Å². The number of halogens is 1. The van der Waals surface area contributed by atoms with Gasteiger partial charge in [-0.05, 0) is 49.8 Å². The molecule has 0 amide bonds. The summed E-state index contributed by atoms with van der Waals surface area (Å²) in [5.74, 6) is 1.07. The zero-order chi connectivity index (χ0) is 13.5. The van der Waals surface area contributed by atoms with Gasteiger partial charge >= 0.3 is 0 Å². The fraction of sp³-hybridized carbons (Fsp3) is 0.533. The van der Waals surface area contributed by atoms with E-state index in [1.807, 2.05) is 6.07 Å². The summed E-state index contributed by atoms with van der Waals surface area (Å²) in [6.07, 6.45) is 4.53. The van der Waals surface area contributed by atoms with Crippen LogP contribution in [0.1, 0.15) is 32.6 Å². The zero-order valence-corrected chi connectivity index (χ0v) is 11.3. The molecule has 3 rings (SSSR count). The molecule has 2 N–H and O–H groups in total. The molecule has 1 aliphatic heterocycles. The second kappa shape index (κ2) is 4.51. The minimum atomic E-state index is -0.225. The van der Waals surface area contributed by atoms with Crippen molar-refractivity contribution in [1.29, 1.82) is 0 Å². The summed E-state index contributed by atoms with van der Waals surface area (Å²) < 4.78 is 13.5. The van der Waals surface area contributed by atoms with Gasteiger partial charge in [-0.3, -0.25) is 4.99 Å². The van der Waals surface area contributed by atoms with Crippen LogP contribution in [-0.4, -0.2) is 18.0 Å². The second-order valence-corrected chi connectivity index (χ2v) is 5.90. The molecule has 2 aliphatic rings. The minimum absolute atomic E-state index is 0.0234. The Kier molecular flexibility index (Phi) is 2.96. The van der Waals surface area contributed by atoms with E-state index < -0.39 is 0 Å². The second-order valence-electron chi connectivity index (χ2n) is 5.90. The highest BCUT2D eigenvalue weighted by Crippen LogP contribution is 2.41. The Morgan fingerprint density at radius 3 is 2.79 bits per heavy atom. The van der Waals surface area contributed by atoms with Crippen LogP contribution < -0.4 is 10.6 Å². The van der Waals surface area contributed by atoms with Crippen LogP contribution in [0.2, 0.25) is 0 Å². The maximum atomic E-state index is 13.5. The summed E-state index contributed by atoms with van der Waals surface area (Å²) in [6, 6.07) is 6.65. The van der Waals surface area contributed by atoms with Crippen molar-refractivity contribution in [1.82, 2.24) is 0 Å². The lowest BCUT2D eigenvalue weighted by molar-refractivity contribution is 0.261. The fourth-order valence-electron chi connectivity index (χ4n) is 3.32. The fourth-order valence-corrected chi connectivity index (χ4v) is 3.32. The first-order valence-corrected chi connectivity index (χ1v) is 6.96. The number of rotatable bonds is 1. The largest absolute Gasteiger partial charge is 0.369 e. The van der Waals surface area contributed by atoms with Gasteiger partial charge in [-0.25, -0.2) is 4.39 Å². The number of nitrogens with two attached hydrogens (primary N) is 1. The number of benzene rings is 1. The van der Waals surface area contributed by atoms with Crippen LogP contribution in [0.15, 0.2) is 29.3 Å². The van der Waals surface area contributed by atoms with Crippen molar-refractivity contribution in [2.45, 2.75) is 38.1 Å². The lowest BCUT2D eigenvalue weighted by Crippen LogP contribution is -2.53. The minimum Gasteiger partial charge on any atom is -0.369 e. The first-order valence-electron chi connectivity index (χ1n) is 6.96. The van der Waals surface area contributed by atoms with Gasteiger partial charge in [0.15, 0.2) is 5.96 Å². The van der Waals surface area contributed by atoms with Gasteiger partial charge in [-0.1, -0.05) is 13.0 Å². The average molecular weight is 261 g/mol. The van der Waals surface area contributed by atoms with E-state index >= 15 is 0 Å². The van der Waals surface area contributed by atoms with Crippen LogP contribution >= 0.6 is 0 Å². The summed E-state index contributed by atoms with van der Waals surface area (Å²) in [5.41, 5.74) is 6.86. The van der Waals surface area contributed by atoms with Gasteiger partial charge in [0.25, 0.3) is 0 Å². The molecule has 102 valence electrons. The molecule has 19 heavy (non-hydrogen) atoms. The number of hydrogen-bond donors (Lipinski definition) is 1. The predicted octanol–water partition coefficient (Wildman–Crippen LogP) is 2.91. The molecular weight excluding hydrogens is 241 g/mol. The van der Waals surface area contributed by atoms with Crippen LogP contribution in [0, 0.1) is 11.7 Å². The van der Waals surface area contributed by atoms with Crippen molar-refractivity contribution in [2.24, 2.45) is 16.6 Å². The molecule has 1 saturated carbocycles. The Labute approximate surface area is 113 Å². The van der Waals surface area contributed by atoms with Crippen LogP contribution in [0.5, 0.6) is 0 Å². The molecule has 0 radical (unpaired) electrons. The highest BCUT2D eigenvalue weighted by molar-refractivity contribution is 5.98.